The molecule has 0 radical (unpaired) electrons. The van der Waals surface area contributed by atoms with Crippen LogP contribution in [0.1, 0.15) is 28.8 Å². The molecule has 2 amide bonds. The molecule has 192 valence electrons. The van der Waals surface area contributed by atoms with Crippen LogP contribution in [0.3, 0.4) is 0 Å². The standard InChI is InChI=1S/C31H29N3O4/c35-29(36)15-14-28(34-30(37)27-12-10-25(11-13-27)23-4-2-1-3-5-23)31(38)33-21-16-22-6-8-24(9-7-22)26-17-19-32-20-18-26/h1-13,17-20,28H,14-16,21H2,(H,33,38)(H,34,37)(H,35,36)/t28-/m0/s1. The number of hydrogen-bond donors (Lipinski definition) is 3. The molecule has 0 unspecified atom stereocenters. The zero-order chi connectivity index (χ0) is 26.7. The molecule has 0 aliphatic carbocycles. The van der Waals surface area contributed by atoms with Gasteiger partial charge in [0.1, 0.15) is 6.04 Å². The zero-order valence-corrected chi connectivity index (χ0v) is 20.8. The molecular formula is C31H29N3O4. The summed E-state index contributed by atoms with van der Waals surface area (Å²) in [6.45, 7) is 0.360. The molecule has 0 bridgehead atoms. The van der Waals surface area contributed by atoms with Crippen molar-refractivity contribution < 1.29 is 19.5 Å². The largest absolute Gasteiger partial charge is 0.481 e. The van der Waals surface area contributed by atoms with Crippen molar-refractivity contribution in [3.05, 3.63) is 115 Å². The second-order valence-electron chi connectivity index (χ2n) is 8.88. The number of carboxylic acids is 1. The molecule has 7 nitrogen and oxygen atoms in total. The fraction of sp³-hybridized carbons (Fsp3) is 0.161. The maximum Gasteiger partial charge on any atom is 0.303 e. The number of rotatable bonds is 11. The summed E-state index contributed by atoms with van der Waals surface area (Å²) in [5.74, 6) is -1.87. The Labute approximate surface area is 221 Å². The van der Waals surface area contributed by atoms with Crippen LogP contribution in [-0.4, -0.2) is 40.5 Å². The van der Waals surface area contributed by atoms with Crippen LogP contribution < -0.4 is 10.6 Å². The van der Waals surface area contributed by atoms with E-state index in [4.69, 9.17) is 5.11 Å². The number of hydrogen-bond acceptors (Lipinski definition) is 4. The topological polar surface area (TPSA) is 108 Å². The van der Waals surface area contributed by atoms with Gasteiger partial charge in [-0.1, -0.05) is 66.7 Å². The molecule has 1 aromatic heterocycles. The first kappa shape index (κ1) is 26.3. The number of pyridine rings is 1. The van der Waals surface area contributed by atoms with E-state index >= 15 is 0 Å². The SMILES string of the molecule is O=C(O)CC[C@H](NC(=O)c1ccc(-c2ccccc2)cc1)C(=O)NCCc1ccc(-c2ccncc2)cc1. The number of carbonyl (C=O) groups is 3. The van der Waals surface area contributed by atoms with E-state index in [0.29, 0.717) is 18.5 Å². The van der Waals surface area contributed by atoms with E-state index in [1.165, 1.54) is 0 Å². The van der Waals surface area contributed by atoms with Gasteiger partial charge in [-0.3, -0.25) is 19.4 Å². The third kappa shape index (κ3) is 7.36. The molecule has 7 heteroatoms. The van der Waals surface area contributed by atoms with Gasteiger partial charge in [-0.25, -0.2) is 0 Å². The third-order valence-electron chi connectivity index (χ3n) is 6.20. The summed E-state index contributed by atoms with van der Waals surface area (Å²) >= 11 is 0. The fourth-order valence-electron chi connectivity index (χ4n) is 4.08. The monoisotopic (exact) mass is 507 g/mol. The second-order valence-corrected chi connectivity index (χ2v) is 8.88. The lowest BCUT2D eigenvalue weighted by Gasteiger charge is -2.18. The summed E-state index contributed by atoms with van der Waals surface area (Å²) in [5.41, 5.74) is 5.60. The van der Waals surface area contributed by atoms with E-state index < -0.39 is 23.8 Å². The van der Waals surface area contributed by atoms with Crippen LogP contribution in [-0.2, 0) is 16.0 Å². The lowest BCUT2D eigenvalue weighted by Crippen LogP contribution is -2.47. The number of aliphatic carboxylic acids is 1. The Kier molecular flexibility index (Phi) is 8.97. The molecule has 0 spiro atoms. The molecule has 0 aliphatic rings. The molecule has 3 N–H and O–H groups in total. The van der Waals surface area contributed by atoms with Crippen molar-refractivity contribution in [1.82, 2.24) is 15.6 Å². The summed E-state index contributed by atoms with van der Waals surface area (Å²) < 4.78 is 0. The second kappa shape index (κ2) is 13.0. The minimum absolute atomic E-state index is 0.00433. The molecule has 4 rings (SSSR count). The highest BCUT2D eigenvalue weighted by molar-refractivity contribution is 5.98. The van der Waals surface area contributed by atoms with Crippen LogP contribution in [0, 0.1) is 0 Å². The highest BCUT2D eigenvalue weighted by Crippen LogP contribution is 2.20. The van der Waals surface area contributed by atoms with Gasteiger partial charge in [0.15, 0.2) is 0 Å². The maximum absolute atomic E-state index is 12.9. The molecule has 0 fully saturated rings. The summed E-state index contributed by atoms with van der Waals surface area (Å²) in [4.78, 5) is 40.9. The van der Waals surface area contributed by atoms with E-state index in [0.717, 1.165) is 27.8 Å². The zero-order valence-electron chi connectivity index (χ0n) is 20.8. The van der Waals surface area contributed by atoms with Crippen LogP contribution in [0.5, 0.6) is 0 Å². The van der Waals surface area contributed by atoms with Crippen molar-refractivity contribution in [2.24, 2.45) is 0 Å². The summed E-state index contributed by atoms with van der Waals surface area (Å²) in [6, 6.07) is 27.8. The quantitative estimate of drug-likeness (QED) is 0.272. The number of carboxylic acid groups (broad SMARTS) is 1. The first-order valence-corrected chi connectivity index (χ1v) is 12.4. The van der Waals surface area contributed by atoms with Crippen molar-refractivity contribution in [2.75, 3.05) is 6.54 Å². The minimum Gasteiger partial charge on any atom is -0.481 e. The first-order chi connectivity index (χ1) is 18.5. The van der Waals surface area contributed by atoms with Gasteiger partial charge < -0.3 is 15.7 Å². The lowest BCUT2D eigenvalue weighted by molar-refractivity contribution is -0.137. The van der Waals surface area contributed by atoms with Crippen molar-refractivity contribution in [2.45, 2.75) is 25.3 Å². The van der Waals surface area contributed by atoms with Crippen LogP contribution in [0.25, 0.3) is 22.3 Å². The molecular weight excluding hydrogens is 478 g/mol. The van der Waals surface area contributed by atoms with Crippen molar-refractivity contribution in [3.63, 3.8) is 0 Å². The molecule has 1 heterocycles. The van der Waals surface area contributed by atoms with Gasteiger partial charge in [0.25, 0.3) is 5.91 Å². The van der Waals surface area contributed by atoms with Crippen LogP contribution >= 0.6 is 0 Å². The van der Waals surface area contributed by atoms with Crippen molar-refractivity contribution >= 4 is 17.8 Å². The lowest BCUT2D eigenvalue weighted by atomic mass is 10.0. The summed E-state index contributed by atoms with van der Waals surface area (Å²) in [7, 11) is 0. The van der Waals surface area contributed by atoms with Crippen LogP contribution in [0.15, 0.2) is 103 Å². The number of aromatic nitrogens is 1. The minimum atomic E-state index is -1.03. The van der Waals surface area contributed by atoms with E-state index in [9.17, 15) is 14.4 Å². The Hall–Kier alpha value is -4.78. The van der Waals surface area contributed by atoms with Gasteiger partial charge in [-0.2, -0.15) is 0 Å². The van der Waals surface area contributed by atoms with Gasteiger partial charge in [-0.05, 0) is 64.9 Å². The van der Waals surface area contributed by atoms with Crippen LogP contribution in [0.4, 0.5) is 0 Å². The van der Waals surface area contributed by atoms with E-state index in [1.807, 2.05) is 78.9 Å². The first-order valence-electron chi connectivity index (χ1n) is 12.4. The average Bonchev–Trinajstić information content (AvgIpc) is 2.96. The Balaban J connectivity index is 1.33. The molecule has 3 aromatic carbocycles. The number of benzene rings is 3. The molecule has 38 heavy (non-hydrogen) atoms. The van der Waals surface area contributed by atoms with Gasteiger partial charge in [0.2, 0.25) is 5.91 Å². The third-order valence-corrected chi connectivity index (χ3v) is 6.20. The van der Waals surface area contributed by atoms with Crippen molar-refractivity contribution in [1.29, 1.82) is 0 Å². The summed E-state index contributed by atoms with van der Waals surface area (Å²) in [5, 5.41) is 14.7. The number of nitrogens with one attached hydrogen (secondary N) is 2. The predicted molar refractivity (Wildman–Crippen MR) is 146 cm³/mol. The Bertz CT molecular complexity index is 1360. The van der Waals surface area contributed by atoms with E-state index in [1.54, 1.807) is 24.5 Å². The Morgan fingerprint density at radius 1 is 0.737 bits per heavy atom. The highest BCUT2D eigenvalue weighted by Gasteiger charge is 2.22. The predicted octanol–water partition coefficient (Wildman–Crippen LogP) is 4.74. The molecule has 4 aromatic rings. The molecule has 0 saturated carbocycles. The summed E-state index contributed by atoms with van der Waals surface area (Å²) in [6.07, 6.45) is 3.86. The maximum atomic E-state index is 12.9. The van der Waals surface area contributed by atoms with Gasteiger partial charge in [-0.15, -0.1) is 0 Å². The van der Waals surface area contributed by atoms with Gasteiger partial charge >= 0.3 is 5.97 Å². The normalized spacial score (nSPS) is 11.4. The highest BCUT2D eigenvalue weighted by atomic mass is 16.4. The molecule has 1 atom stereocenters. The molecule has 0 aliphatic heterocycles. The van der Waals surface area contributed by atoms with E-state index in [-0.39, 0.29) is 12.8 Å². The van der Waals surface area contributed by atoms with Crippen molar-refractivity contribution in [3.8, 4) is 22.3 Å². The van der Waals surface area contributed by atoms with Crippen LogP contribution in [0.2, 0.25) is 0 Å². The Morgan fingerprint density at radius 3 is 1.95 bits per heavy atom. The van der Waals surface area contributed by atoms with Gasteiger partial charge in [0.05, 0.1) is 0 Å². The number of carbonyl (C=O) groups excluding carboxylic acids is 2. The number of nitrogens with zero attached hydrogens (tertiary/aromatic N) is 1. The van der Waals surface area contributed by atoms with E-state index in [2.05, 4.69) is 15.6 Å². The molecule has 0 saturated heterocycles. The van der Waals surface area contributed by atoms with Gasteiger partial charge in [0, 0.05) is 30.9 Å². The average molecular weight is 508 g/mol. The smallest absolute Gasteiger partial charge is 0.303 e. The Morgan fingerprint density at radius 2 is 1.32 bits per heavy atom. The number of amides is 2. The fourth-order valence-corrected chi connectivity index (χ4v) is 4.08.